The molecule has 3 aromatic carbocycles. The molecule has 0 heterocycles. The third-order valence-electron chi connectivity index (χ3n) is 4.81. The largest absolute Gasteiger partial charge is 0.497 e. The maximum atomic E-state index is 12.4. The van der Waals surface area contributed by atoms with Gasteiger partial charge in [-0.3, -0.25) is 9.10 Å². The van der Waals surface area contributed by atoms with Gasteiger partial charge in [0.05, 0.1) is 25.6 Å². The van der Waals surface area contributed by atoms with Gasteiger partial charge in [0.25, 0.3) is 0 Å². The Morgan fingerprint density at radius 1 is 0.853 bits per heavy atom. The Kier molecular flexibility index (Phi) is 8.75. The number of anilines is 1. The van der Waals surface area contributed by atoms with E-state index in [1.54, 1.807) is 55.6 Å². The second kappa shape index (κ2) is 11.9. The Bertz CT molecular complexity index is 1150. The van der Waals surface area contributed by atoms with E-state index in [0.717, 1.165) is 21.9 Å². The maximum Gasteiger partial charge on any atom is 0.240 e. The van der Waals surface area contributed by atoms with Crippen LogP contribution in [0.25, 0.3) is 0 Å². The van der Waals surface area contributed by atoms with Gasteiger partial charge >= 0.3 is 0 Å². The number of nitrogens with zero attached hydrogens (tertiary/aromatic N) is 1. The number of hydrogen-bond acceptors (Lipinski definition) is 6. The lowest BCUT2D eigenvalue weighted by atomic mass is 10.2. The predicted octanol–water partition coefficient (Wildman–Crippen LogP) is 3.24. The third kappa shape index (κ3) is 7.70. The highest BCUT2D eigenvalue weighted by molar-refractivity contribution is 7.92. The molecule has 0 bridgehead atoms. The zero-order valence-electron chi connectivity index (χ0n) is 19.1. The Labute approximate surface area is 200 Å². The Balaban J connectivity index is 1.51. The summed E-state index contributed by atoms with van der Waals surface area (Å²) in [6.07, 6.45) is 1.06. The molecule has 0 saturated heterocycles. The summed E-state index contributed by atoms with van der Waals surface area (Å²) >= 11 is 0. The van der Waals surface area contributed by atoms with E-state index in [2.05, 4.69) is 5.32 Å². The fourth-order valence-electron chi connectivity index (χ4n) is 3.07. The smallest absolute Gasteiger partial charge is 0.240 e. The van der Waals surface area contributed by atoms with Gasteiger partial charge in [0.1, 0.15) is 37.0 Å². The van der Waals surface area contributed by atoms with E-state index in [0.29, 0.717) is 23.8 Å². The molecule has 0 atom stereocenters. The van der Waals surface area contributed by atoms with Gasteiger partial charge < -0.3 is 19.5 Å². The SMILES string of the molecule is COc1ccc(OCCNC(=O)CN(c2ccc(OCc3ccccc3)cc2)S(C)(=O)=O)cc1. The zero-order chi connectivity index (χ0) is 24.4. The lowest BCUT2D eigenvalue weighted by molar-refractivity contribution is -0.119. The average Bonchev–Trinajstić information content (AvgIpc) is 2.84. The van der Waals surface area contributed by atoms with Crippen molar-refractivity contribution in [2.45, 2.75) is 6.61 Å². The molecule has 34 heavy (non-hydrogen) atoms. The topological polar surface area (TPSA) is 94.2 Å². The van der Waals surface area contributed by atoms with Gasteiger partial charge in [-0.05, 0) is 54.1 Å². The summed E-state index contributed by atoms with van der Waals surface area (Å²) in [5.41, 5.74) is 1.40. The first-order valence-corrected chi connectivity index (χ1v) is 12.5. The van der Waals surface area contributed by atoms with Crippen molar-refractivity contribution in [2.75, 3.05) is 37.4 Å². The second-order valence-corrected chi connectivity index (χ2v) is 9.32. The molecule has 8 nitrogen and oxygen atoms in total. The van der Waals surface area contributed by atoms with Crippen molar-refractivity contribution < 1.29 is 27.4 Å². The zero-order valence-corrected chi connectivity index (χ0v) is 20.0. The number of amides is 1. The van der Waals surface area contributed by atoms with Crippen molar-refractivity contribution in [3.05, 3.63) is 84.4 Å². The molecule has 0 spiro atoms. The minimum Gasteiger partial charge on any atom is -0.497 e. The Morgan fingerprint density at radius 2 is 1.44 bits per heavy atom. The van der Waals surface area contributed by atoms with Crippen molar-refractivity contribution in [3.63, 3.8) is 0 Å². The van der Waals surface area contributed by atoms with Crippen LogP contribution in [0.5, 0.6) is 17.2 Å². The lowest BCUT2D eigenvalue weighted by Crippen LogP contribution is -2.41. The molecule has 3 rings (SSSR count). The number of ether oxygens (including phenoxy) is 3. The molecule has 180 valence electrons. The maximum absolute atomic E-state index is 12.4. The van der Waals surface area contributed by atoms with Crippen molar-refractivity contribution in [1.29, 1.82) is 0 Å². The monoisotopic (exact) mass is 484 g/mol. The fraction of sp³-hybridized carbons (Fsp3) is 0.240. The highest BCUT2D eigenvalue weighted by Gasteiger charge is 2.20. The van der Waals surface area contributed by atoms with Crippen LogP contribution in [0, 0.1) is 0 Å². The number of rotatable bonds is 12. The van der Waals surface area contributed by atoms with Gasteiger partial charge in [-0.2, -0.15) is 0 Å². The van der Waals surface area contributed by atoms with E-state index in [9.17, 15) is 13.2 Å². The average molecular weight is 485 g/mol. The normalized spacial score (nSPS) is 10.9. The van der Waals surface area contributed by atoms with Crippen molar-refractivity contribution in [3.8, 4) is 17.2 Å². The molecule has 1 amide bonds. The van der Waals surface area contributed by atoms with Crippen LogP contribution < -0.4 is 23.8 Å². The molecular formula is C25H28N2O6S. The summed E-state index contributed by atoms with van der Waals surface area (Å²) in [6, 6.07) is 23.4. The van der Waals surface area contributed by atoms with Crippen LogP contribution in [0.1, 0.15) is 5.56 Å². The Morgan fingerprint density at radius 3 is 2.06 bits per heavy atom. The van der Waals surface area contributed by atoms with Crippen LogP contribution in [0.4, 0.5) is 5.69 Å². The first-order valence-electron chi connectivity index (χ1n) is 10.6. The number of carbonyl (C=O) groups is 1. The molecule has 0 unspecified atom stereocenters. The van der Waals surface area contributed by atoms with E-state index in [1.807, 2.05) is 30.3 Å². The van der Waals surface area contributed by atoms with E-state index >= 15 is 0 Å². The van der Waals surface area contributed by atoms with Crippen LogP contribution in [0.15, 0.2) is 78.9 Å². The van der Waals surface area contributed by atoms with Crippen LogP contribution >= 0.6 is 0 Å². The minimum atomic E-state index is -3.67. The summed E-state index contributed by atoms with van der Waals surface area (Å²) < 4.78 is 42.1. The molecule has 0 fully saturated rings. The van der Waals surface area contributed by atoms with Crippen LogP contribution in [-0.4, -0.2) is 47.4 Å². The molecule has 0 aliphatic carbocycles. The number of carbonyl (C=O) groups excluding carboxylic acids is 1. The number of benzene rings is 3. The summed E-state index contributed by atoms with van der Waals surface area (Å²) in [7, 11) is -2.09. The standard InChI is InChI=1S/C25H28N2O6S/c1-31-22-12-14-23(15-13-22)32-17-16-26-25(28)18-27(34(2,29)30)21-8-10-24(11-9-21)33-19-20-6-4-3-5-7-20/h3-15H,16-19H2,1-2H3,(H,26,28). The molecule has 0 aliphatic heterocycles. The second-order valence-electron chi connectivity index (χ2n) is 7.41. The van der Waals surface area contributed by atoms with Crippen molar-refractivity contribution >= 4 is 21.6 Å². The molecule has 0 saturated carbocycles. The predicted molar refractivity (Wildman–Crippen MR) is 131 cm³/mol. The Hall–Kier alpha value is -3.72. The fourth-order valence-corrected chi connectivity index (χ4v) is 3.92. The first kappa shape index (κ1) is 24.9. The van der Waals surface area contributed by atoms with Crippen LogP contribution in [0.2, 0.25) is 0 Å². The minimum absolute atomic E-state index is 0.231. The highest BCUT2D eigenvalue weighted by Crippen LogP contribution is 2.22. The highest BCUT2D eigenvalue weighted by atomic mass is 32.2. The molecule has 1 N–H and O–H groups in total. The molecule has 3 aromatic rings. The molecule has 0 radical (unpaired) electrons. The molecule has 0 aliphatic rings. The van der Waals surface area contributed by atoms with Gasteiger partial charge in [-0.15, -0.1) is 0 Å². The summed E-state index contributed by atoms with van der Waals surface area (Å²) in [5, 5.41) is 2.68. The van der Waals surface area contributed by atoms with Gasteiger partial charge in [0.2, 0.25) is 15.9 Å². The van der Waals surface area contributed by atoms with Gasteiger partial charge in [-0.1, -0.05) is 30.3 Å². The molecular weight excluding hydrogens is 456 g/mol. The number of hydrogen-bond donors (Lipinski definition) is 1. The van der Waals surface area contributed by atoms with Gasteiger partial charge in [-0.25, -0.2) is 8.42 Å². The van der Waals surface area contributed by atoms with E-state index in [-0.39, 0.29) is 19.7 Å². The summed E-state index contributed by atoms with van der Waals surface area (Å²) in [4.78, 5) is 12.4. The number of sulfonamides is 1. The van der Waals surface area contributed by atoms with Crippen molar-refractivity contribution in [2.24, 2.45) is 0 Å². The van der Waals surface area contributed by atoms with Crippen LogP contribution in [-0.2, 0) is 21.4 Å². The number of methoxy groups -OCH3 is 1. The first-order chi connectivity index (χ1) is 16.3. The van der Waals surface area contributed by atoms with Crippen LogP contribution in [0.3, 0.4) is 0 Å². The van der Waals surface area contributed by atoms with E-state index in [4.69, 9.17) is 14.2 Å². The quantitative estimate of drug-likeness (QED) is 0.397. The van der Waals surface area contributed by atoms with E-state index in [1.165, 1.54) is 0 Å². The van der Waals surface area contributed by atoms with Gasteiger partial charge in [0.15, 0.2) is 0 Å². The summed E-state index contributed by atoms with van der Waals surface area (Å²) in [6.45, 7) is 0.529. The third-order valence-corrected chi connectivity index (χ3v) is 5.95. The molecule has 9 heteroatoms. The number of nitrogens with one attached hydrogen (secondary N) is 1. The van der Waals surface area contributed by atoms with Gasteiger partial charge in [0, 0.05) is 0 Å². The summed E-state index contributed by atoms with van der Waals surface area (Å²) in [5.74, 6) is 1.52. The van der Waals surface area contributed by atoms with E-state index < -0.39 is 15.9 Å². The van der Waals surface area contributed by atoms with Crippen molar-refractivity contribution in [1.82, 2.24) is 5.32 Å². The lowest BCUT2D eigenvalue weighted by Gasteiger charge is -2.22. The molecule has 0 aromatic heterocycles.